The van der Waals surface area contributed by atoms with E-state index in [4.69, 9.17) is 0 Å². The maximum atomic E-state index is 9.44. The Kier molecular flexibility index (Phi) is 61.7. The van der Waals surface area contributed by atoms with Gasteiger partial charge in [0, 0.05) is 21.7 Å². The van der Waals surface area contributed by atoms with Crippen LogP contribution in [0.2, 0.25) is 0 Å². The molecule has 0 saturated carbocycles. The number of carbonyl (C=O) groups is 1. The molecule has 0 amide bonds. The van der Waals surface area contributed by atoms with Gasteiger partial charge in [-0.3, -0.25) is 0 Å². The average Bonchev–Trinajstić information content (AvgIpc) is 0.811. The standard InChI is InChI=1S/C3H6O.2H2O.Ti/c1-3(2)4;;;/h1-2H3;2*1H2;. The van der Waals surface area contributed by atoms with Crippen molar-refractivity contribution in [1.82, 2.24) is 0 Å². The van der Waals surface area contributed by atoms with Gasteiger partial charge in [0.2, 0.25) is 0 Å². The van der Waals surface area contributed by atoms with Crippen LogP contribution in [0.15, 0.2) is 0 Å². The molecule has 0 bridgehead atoms. The molecule has 0 radical (unpaired) electrons. The van der Waals surface area contributed by atoms with Gasteiger partial charge in [-0.2, -0.15) is 0 Å². The van der Waals surface area contributed by atoms with E-state index in [1.54, 1.807) is 0 Å². The van der Waals surface area contributed by atoms with Crippen molar-refractivity contribution in [3.05, 3.63) is 0 Å². The summed E-state index contributed by atoms with van der Waals surface area (Å²) in [4.78, 5) is 9.44. The zero-order valence-electron chi connectivity index (χ0n) is 4.41. The summed E-state index contributed by atoms with van der Waals surface area (Å²) < 4.78 is 0. The Hall–Kier alpha value is 0.304. The van der Waals surface area contributed by atoms with Gasteiger partial charge >= 0.3 is 0 Å². The SMILES string of the molecule is CC(C)=O.O.O.[Ti]. The number of rotatable bonds is 0. The molecular formula is C3H10O3Ti. The van der Waals surface area contributed by atoms with Crippen molar-refractivity contribution in [2.24, 2.45) is 0 Å². The maximum absolute atomic E-state index is 9.44. The van der Waals surface area contributed by atoms with Gasteiger partial charge < -0.3 is 15.7 Å². The predicted molar refractivity (Wildman–Crippen MR) is 23.6 cm³/mol. The van der Waals surface area contributed by atoms with Crippen molar-refractivity contribution in [2.75, 3.05) is 0 Å². The third-order valence-electron chi connectivity index (χ3n) is 0. The van der Waals surface area contributed by atoms with Gasteiger partial charge in [0.05, 0.1) is 0 Å². The van der Waals surface area contributed by atoms with Crippen molar-refractivity contribution >= 4 is 5.78 Å². The molecule has 0 unspecified atom stereocenters. The van der Waals surface area contributed by atoms with E-state index in [9.17, 15) is 4.79 Å². The molecule has 0 aliphatic rings. The Morgan fingerprint density at radius 3 is 1.14 bits per heavy atom. The van der Waals surface area contributed by atoms with Crippen molar-refractivity contribution in [1.29, 1.82) is 0 Å². The van der Waals surface area contributed by atoms with Crippen molar-refractivity contribution in [3.8, 4) is 0 Å². The zero-order chi connectivity index (χ0) is 3.58. The van der Waals surface area contributed by atoms with Crippen molar-refractivity contribution < 1.29 is 37.5 Å². The fraction of sp³-hybridized carbons (Fsp3) is 0.667. The first-order valence-electron chi connectivity index (χ1n) is 1.20. The quantitative estimate of drug-likeness (QED) is 0.397. The summed E-state index contributed by atoms with van der Waals surface area (Å²) in [5.41, 5.74) is 0. The van der Waals surface area contributed by atoms with Gasteiger partial charge in [-0.15, -0.1) is 0 Å². The van der Waals surface area contributed by atoms with Crippen LogP contribution in [-0.2, 0) is 26.5 Å². The molecule has 0 aromatic rings. The van der Waals surface area contributed by atoms with Crippen LogP contribution in [-0.4, -0.2) is 16.7 Å². The van der Waals surface area contributed by atoms with Gasteiger partial charge in [0.25, 0.3) is 0 Å². The molecule has 0 aromatic carbocycles. The van der Waals surface area contributed by atoms with Gasteiger partial charge in [0.1, 0.15) is 5.78 Å². The number of hydrogen-bond acceptors (Lipinski definition) is 1. The van der Waals surface area contributed by atoms with Gasteiger partial charge in [0.15, 0.2) is 0 Å². The van der Waals surface area contributed by atoms with Gasteiger partial charge in [-0.25, -0.2) is 0 Å². The largest absolute Gasteiger partial charge is 0.412 e. The fourth-order valence-corrected chi connectivity index (χ4v) is 0. The minimum Gasteiger partial charge on any atom is -0.412 e. The summed E-state index contributed by atoms with van der Waals surface area (Å²) in [7, 11) is 0. The van der Waals surface area contributed by atoms with E-state index in [1.165, 1.54) is 13.8 Å². The smallest absolute Gasteiger partial charge is 0.126 e. The Bertz CT molecular complexity index is 33.2. The summed E-state index contributed by atoms with van der Waals surface area (Å²) in [5.74, 6) is 0.167. The van der Waals surface area contributed by atoms with Crippen LogP contribution in [0.1, 0.15) is 13.8 Å². The Morgan fingerprint density at radius 1 is 1.14 bits per heavy atom. The minimum absolute atomic E-state index is 0. The van der Waals surface area contributed by atoms with E-state index < -0.39 is 0 Å². The Morgan fingerprint density at radius 2 is 1.14 bits per heavy atom. The second-order valence-corrected chi connectivity index (χ2v) is 0.908. The molecule has 0 aromatic heterocycles. The molecule has 4 heteroatoms. The summed E-state index contributed by atoms with van der Waals surface area (Å²) >= 11 is 0. The van der Waals surface area contributed by atoms with E-state index in [0.717, 1.165) is 0 Å². The monoisotopic (exact) mass is 142 g/mol. The van der Waals surface area contributed by atoms with Crippen LogP contribution < -0.4 is 0 Å². The molecule has 7 heavy (non-hydrogen) atoms. The summed E-state index contributed by atoms with van der Waals surface area (Å²) in [6.07, 6.45) is 0. The fourth-order valence-electron chi connectivity index (χ4n) is 0. The molecule has 0 atom stereocenters. The molecule has 3 nitrogen and oxygen atoms in total. The first-order valence-corrected chi connectivity index (χ1v) is 1.20. The van der Waals surface area contributed by atoms with Crippen molar-refractivity contribution in [3.63, 3.8) is 0 Å². The van der Waals surface area contributed by atoms with Crippen LogP contribution >= 0.6 is 0 Å². The van der Waals surface area contributed by atoms with E-state index >= 15 is 0 Å². The van der Waals surface area contributed by atoms with Crippen LogP contribution in [0.4, 0.5) is 0 Å². The first-order chi connectivity index (χ1) is 1.73. The van der Waals surface area contributed by atoms with E-state index in [-0.39, 0.29) is 38.5 Å². The molecule has 0 spiro atoms. The number of Topliss-reactive ketones (excluding diaryl/α,β-unsaturated/α-hetero) is 1. The molecule has 44 valence electrons. The van der Waals surface area contributed by atoms with E-state index in [0.29, 0.717) is 0 Å². The van der Waals surface area contributed by atoms with Crippen LogP contribution in [0.3, 0.4) is 0 Å². The third kappa shape index (κ3) is 1260. The van der Waals surface area contributed by atoms with Gasteiger partial charge in [-0.05, 0) is 13.8 Å². The molecule has 0 saturated heterocycles. The molecule has 0 rings (SSSR count). The second kappa shape index (κ2) is 16.2. The average molecular weight is 142 g/mol. The van der Waals surface area contributed by atoms with E-state index in [2.05, 4.69) is 0 Å². The molecule has 4 N–H and O–H groups in total. The predicted octanol–water partition coefficient (Wildman–Crippen LogP) is -1.06. The van der Waals surface area contributed by atoms with Crippen molar-refractivity contribution in [2.45, 2.75) is 13.8 Å². The van der Waals surface area contributed by atoms with Gasteiger partial charge in [-0.1, -0.05) is 0 Å². The molecule has 0 heterocycles. The molecule has 0 aliphatic carbocycles. The second-order valence-electron chi connectivity index (χ2n) is 0.908. The topological polar surface area (TPSA) is 80.1 Å². The number of carbonyl (C=O) groups excluding carboxylic acids is 1. The summed E-state index contributed by atoms with van der Waals surface area (Å²) in [6, 6.07) is 0. The first kappa shape index (κ1) is 26.6. The number of hydrogen-bond donors (Lipinski definition) is 0. The molecule has 0 aliphatic heterocycles. The Labute approximate surface area is 57.6 Å². The summed E-state index contributed by atoms with van der Waals surface area (Å²) in [5, 5.41) is 0. The van der Waals surface area contributed by atoms with E-state index in [1.807, 2.05) is 0 Å². The molecule has 0 fully saturated rings. The molecular weight excluding hydrogens is 132 g/mol. The van der Waals surface area contributed by atoms with Crippen LogP contribution in [0, 0.1) is 0 Å². The zero-order valence-corrected chi connectivity index (χ0v) is 5.97. The Balaban J connectivity index is -0.0000000150. The number of ketones is 1. The normalized spacial score (nSPS) is 3.71. The van der Waals surface area contributed by atoms with Crippen LogP contribution in [0.5, 0.6) is 0 Å². The summed E-state index contributed by atoms with van der Waals surface area (Å²) in [6.45, 7) is 3.06. The minimum atomic E-state index is 0. The third-order valence-corrected chi connectivity index (χ3v) is 0. The maximum Gasteiger partial charge on any atom is 0.126 e. The van der Waals surface area contributed by atoms with Crippen LogP contribution in [0.25, 0.3) is 0 Å².